The van der Waals surface area contributed by atoms with Crippen molar-refractivity contribution in [1.82, 2.24) is 0 Å². The van der Waals surface area contributed by atoms with Crippen molar-refractivity contribution in [3.05, 3.63) is 0 Å². The molecule has 122 valence electrons. The fourth-order valence-electron chi connectivity index (χ4n) is 1.75. The van der Waals surface area contributed by atoms with Crippen molar-refractivity contribution in [2.24, 2.45) is 5.73 Å². The lowest BCUT2D eigenvalue weighted by Gasteiger charge is -2.30. The van der Waals surface area contributed by atoms with Gasteiger partial charge in [-0.1, -0.05) is 33.1 Å². The van der Waals surface area contributed by atoms with E-state index < -0.39 is 21.4 Å². The number of nitrogens with two attached hydrogens (primary N) is 1. The summed E-state index contributed by atoms with van der Waals surface area (Å²) in [6, 6.07) is 0. The molecule has 0 saturated heterocycles. The summed E-state index contributed by atoms with van der Waals surface area (Å²) in [7, 11) is -10.0. The van der Waals surface area contributed by atoms with Gasteiger partial charge in [-0.3, -0.25) is 4.52 Å². The lowest BCUT2D eigenvalue weighted by molar-refractivity contribution is 0.0202. The zero-order chi connectivity index (χ0) is 15.9. The fourth-order valence-corrected chi connectivity index (χ4v) is 3.60. The van der Waals surface area contributed by atoms with Crippen molar-refractivity contribution in [3.63, 3.8) is 0 Å². The minimum absolute atomic E-state index is 0.308. The minimum Gasteiger partial charge on any atom is -0.303 e. The second-order valence-electron chi connectivity index (χ2n) is 4.76. The van der Waals surface area contributed by atoms with E-state index in [9.17, 15) is 14.0 Å². The topological polar surface area (TPSA) is 139 Å². The molecular formula is C10H25NO7P2. The maximum atomic E-state index is 11.6. The Morgan fingerprint density at radius 3 is 1.95 bits per heavy atom. The number of unbranched alkanes of at least 4 members (excludes halogenated alkanes) is 3. The van der Waals surface area contributed by atoms with Gasteiger partial charge in [0.25, 0.3) is 0 Å². The summed E-state index contributed by atoms with van der Waals surface area (Å²) in [5.41, 5.74) is 4.52. The van der Waals surface area contributed by atoms with Gasteiger partial charge in [-0.25, -0.2) is 9.13 Å². The van der Waals surface area contributed by atoms with E-state index in [4.69, 9.17) is 20.0 Å². The number of hydrogen-bond acceptors (Lipinski definition) is 5. The summed E-state index contributed by atoms with van der Waals surface area (Å²) >= 11 is 0. The highest BCUT2D eigenvalue weighted by atomic mass is 31.3. The molecule has 20 heavy (non-hydrogen) atoms. The summed E-state index contributed by atoms with van der Waals surface area (Å²) in [5, 5.41) is 0. The van der Waals surface area contributed by atoms with Gasteiger partial charge in [0.15, 0.2) is 0 Å². The molecule has 5 N–H and O–H groups in total. The van der Waals surface area contributed by atoms with Crippen molar-refractivity contribution < 1.29 is 32.6 Å². The van der Waals surface area contributed by atoms with Crippen LogP contribution in [0.3, 0.4) is 0 Å². The lowest BCUT2D eigenvalue weighted by atomic mass is 10.00. The van der Waals surface area contributed by atoms with E-state index in [0.29, 0.717) is 25.7 Å². The number of phosphoric acid groups is 2. The highest BCUT2D eigenvalue weighted by Crippen LogP contribution is 2.59. The van der Waals surface area contributed by atoms with Crippen LogP contribution in [0.2, 0.25) is 0 Å². The van der Waals surface area contributed by atoms with Gasteiger partial charge in [0, 0.05) is 0 Å². The Bertz CT molecular complexity index is 373. The quantitative estimate of drug-likeness (QED) is 0.257. The molecule has 0 aromatic rings. The number of hydrogen-bond donors (Lipinski definition) is 4. The zero-order valence-corrected chi connectivity index (χ0v) is 13.7. The monoisotopic (exact) mass is 333 g/mol. The van der Waals surface area contributed by atoms with E-state index in [1.165, 1.54) is 0 Å². The Balaban J connectivity index is 4.76. The van der Waals surface area contributed by atoms with Crippen LogP contribution in [0.25, 0.3) is 0 Å². The standard InChI is InChI=1S/C10H25NO7P2/c1-3-5-7-9-10(11,8-6-4-2)17-20(15,16)18-19(12,13)14/h3-9,11H2,1-2H3,(H,15,16)(H2,12,13,14). The Morgan fingerprint density at radius 1 is 1.00 bits per heavy atom. The van der Waals surface area contributed by atoms with Crippen molar-refractivity contribution in [3.8, 4) is 0 Å². The first kappa shape index (κ1) is 20.2. The highest BCUT2D eigenvalue weighted by molar-refractivity contribution is 7.60. The summed E-state index contributed by atoms with van der Waals surface area (Å²) in [5.74, 6) is 0. The largest absolute Gasteiger partial charge is 0.482 e. The molecule has 0 aliphatic heterocycles. The van der Waals surface area contributed by atoms with Crippen molar-refractivity contribution >= 4 is 15.6 Å². The predicted octanol–water partition coefficient (Wildman–Crippen LogP) is 2.64. The van der Waals surface area contributed by atoms with Crippen LogP contribution in [-0.2, 0) is 18.0 Å². The first-order chi connectivity index (χ1) is 9.04. The highest BCUT2D eigenvalue weighted by Gasteiger charge is 2.40. The molecule has 0 rings (SSSR count). The lowest BCUT2D eigenvalue weighted by Crippen LogP contribution is -2.42. The van der Waals surface area contributed by atoms with Gasteiger partial charge in [-0.2, -0.15) is 4.31 Å². The average molecular weight is 333 g/mol. The van der Waals surface area contributed by atoms with Gasteiger partial charge in [0.1, 0.15) is 5.72 Å². The maximum Gasteiger partial charge on any atom is 0.482 e. The van der Waals surface area contributed by atoms with Crippen molar-refractivity contribution in [2.45, 2.75) is 64.5 Å². The van der Waals surface area contributed by atoms with Crippen LogP contribution in [-0.4, -0.2) is 20.4 Å². The van der Waals surface area contributed by atoms with Gasteiger partial charge >= 0.3 is 15.6 Å². The summed E-state index contributed by atoms with van der Waals surface area (Å²) < 4.78 is 30.8. The van der Waals surface area contributed by atoms with Crippen LogP contribution >= 0.6 is 15.6 Å². The zero-order valence-electron chi connectivity index (χ0n) is 11.9. The Morgan fingerprint density at radius 2 is 1.50 bits per heavy atom. The SMILES string of the molecule is CCCCCC(N)(CCCC)OP(=O)(O)OP(=O)(O)O. The van der Waals surface area contributed by atoms with E-state index in [-0.39, 0.29) is 0 Å². The number of phosphoric ester groups is 1. The first-order valence-electron chi connectivity index (χ1n) is 6.63. The normalized spacial score (nSPS) is 18.5. The molecule has 8 nitrogen and oxygen atoms in total. The van der Waals surface area contributed by atoms with Gasteiger partial charge in [-0.15, -0.1) is 0 Å². The molecule has 0 saturated carbocycles. The van der Waals surface area contributed by atoms with E-state index in [2.05, 4.69) is 4.31 Å². The van der Waals surface area contributed by atoms with Gasteiger partial charge in [-0.05, 0) is 25.7 Å². The molecule has 2 atom stereocenters. The molecule has 10 heteroatoms. The molecule has 2 unspecified atom stereocenters. The molecule has 0 bridgehead atoms. The third-order valence-corrected chi connectivity index (χ3v) is 4.93. The second-order valence-corrected chi connectivity index (χ2v) is 7.51. The van der Waals surface area contributed by atoms with E-state index in [1.54, 1.807) is 0 Å². The van der Waals surface area contributed by atoms with Crippen molar-refractivity contribution in [1.29, 1.82) is 0 Å². The molecule has 0 fully saturated rings. The third-order valence-electron chi connectivity index (χ3n) is 2.66. The molecular weight excluding hydrogens is 308 g/mol. The average Bonchev–Trinajstić information content (AvgIpc) is 2.22. The summed E-state index contributed by atoms with van der Waals surface area (Å²) in [6.45, 7) is 3.93. The molecule has 0 aliphatic carbocycles. The van der Waals surface area contributed by atoms with E-state index in [1.807, 2.05) is 13.8 Å². The molecule has 0 amide bonds. The maximum absolute atomic E-state index is 11.6. The smallest absolute Gasteiger partial charge is 0.303 e. The molecule has 0 spiro atoms. The predicted molar refractivity (Wildman–Crippen MR) is 74.6 cm³/mol. The van der Waals surface area contributed by atoms with Crippen LogP contribution in [0.15, 0.2) is 0 Å². The van der Waals surface area contributed by atoms with Gasteiger partial charge in [0.2, 0.25) is 0 Å². The summed E-state index contributed by atoms with van der Waals surface area (Å²) in [4.78, 5) is 26.5. The van der Waals surface area contributed by atoms with Crippen LogP contribution in [0.1, 0.15) is 58.8 Å². The fraction of sp³-hybridized carbons (Fsp3) is 1.00. The second kappa shape index (κ2) is 8.61. The van der Waals surface area contributed by atoms with E-state index in [0.717, 1.165) is 19.3 Å². The van der Waals surface area contributed by atoms with Gasteiger partial charge < -0.3 is 20.4 Å². The van der Waals surface area contributed by atoms with Crippen LogP contribution in [0, 0.1) is 0 Å². The molecule has 0 aliphatic rings. The molecule has 0 aromatic carbocycles. The van der Waals surface area contributed by atoms with Crippen LogP contribution in [0.4, 0.5) is 0 Å². The Kier molecular flexibility index (Phi) is 8.71. The first-order valence-corrected chi connectivity index (χ1v) is 9.65. The minimum atomic E-state index is -5.12. The number of rotatable bonds is 11. The molecule has 0 aromatic heterocycles. The molecule has 0 radical (unpaired) electrons. The van der Waals surface area contributed by atoms with Gasteiger partial charge in [0.05, 0.1) is 0 Å². The van der Waals surface area contributed by atoms with Crippen molar-refractivity contribution in [2.75, 3.05) is 0 Å². The summed E-state index contributed by atoms with van der Waals surface area (Å²) in [6.07, 6.45) is 4.61. The third kappa shape index (κ3) is 10.0. The van der Waals surface area contributed by atoms with Crippen LogP contribution in [0.5, 0.6) is 0 Å². The molecule has 0 heterocycles. The Hall–Kier alpha value is 0.220. The van der Waals surface area contributed by atoms with Crippen LogP contribution < -0.4 is 5.73 Å². The van der Waals surface area contributed by atoms with E-state index >= 15 is 0 Å². The Labute approximate surface area is 119 Å².